The van der Waals surface area contributed by atoms with Crippen molar-refractivity contribution in [3.05, 3.63) is 64.4 Å². The normalized spacial score (nSPS) is 19.1. The SMILES string of the molecule is Cc1ccc(N2C[C@@H](C(=O)N3CCC(c4noc(-c5ccc(Cl)cc5)n4)CC3)CC2=O)cc1C. The lowest BCUT2D eigenvalue weighted by Gasteiger charge is -2.32. The molecule has 34 heavy (non-hydrogen) atoms. The molecule has 0 spiro atoms. The molecule has 2 saturated heterocycles. The zero-order chi connectivity index (χ0) is 23.8. The van der Waals surface area contributed by atoms with Gasteiger partial charge in [0.25, 0.3) is 5.89 Å². The summed E-state index contributed by atoms with van der Waals surface area (Å²) in [6.45, 7) is 5.78. The third-order valence-corrected chi connectivity index (χ3v) is 7.23. The standard InChI is InChI=1S/C26H27ClN4O3/c1-16-3-8-22(13-17(16)2)31-15-20(14-23(31)32)26(33)30-11-9-18(10-12-30)24-28-25(34-29-24)19-4-6-21(27)7-5-19/h3-8,13,18,20H,9-12,14-15H2,1-2H3/t20-/m0/s1. The smallest absolute Gasteiger partial charge is 0.257 e. The maximum atomic E-state index is 13.2. The Labute approximate surface area is 203 Å². The number of carbonyl (C=O) groups is 2. The number of hydrogen-bond acceptors (Lipinski definition) is 5. The Bertz CT molecular complexity index is 1220. The number of hydrogen-bond donors (Lipinski definition) is 0. The molecule has 176 valence electrons. The first-order valence-corrected chi connectivity index (χ1v) is 12.0. The number of rotatable bonds is 4. The molecule has 2 aliphatic heterocycles. The summed E-state index contributed by atoms with van der Waals surface area (Å²) >= 11 is 5.95. The minimum atomic E-state index is -0.299. The fraction of sp³-hybridized carbons (Fsp3) is 0.385. The van der Waals surface area contributed by atoms with Gasteiger partial charge in [-0.05, 0) is 74.2 Å². The quantitative estimate of drug-likeness (QED) is 0.539. The highest BCUT2D eigenvalue weighted by Gasteiger charge is 2.38. The first-order valence-electron chi connectivity index (χ1n) is 11.6. The summed E-state index contributed by atoms with van der Waals surface area (Å²) in [5, 5.41) is 4.83. The molecule has 8 heteroatoms. The van der Waals surface area contributed by atoms with Crippen LogP contribution in [-0.4, -0.2) is 46.5 Å². The molecule has 5 rings (SSSR count). The molecule has 2 fully saturated rings. The Morgan fingerprint density at radius 3 is 2.50 bits per heavy atom. The fourth-order valence-electron chi connectivity index (χ4n) is 4.74. The summed E-state index contributed by atoms with van der Waals surface area (Å²) in [5.74, 6) is 1.07. The monoisotopic (exact) mass is 478 g/mol. The van der Waals surface area contributed by atoms with Gasteiger partial charge in [-0.2, -0.15) is 4.98 Å². The van der Waals surface area contributed by atoms with Crippen molar-refractivity contribution in [2.45, 2.75) is 39.0 Å². The lowest BCUT2D eigenvalue weighted by Crippen LogP contribution is -2.42. The highest BCUT2D eigenvalue weighted by molar-refractivity contribution is 6.30. The van der Waals surface area contributed by atoms with Gasteiger partial charge < -0.3 is 14.3 Å². The highest BCUT2D eigenvalue weighted by atomic mass is 35.5. The summed E-state index contributed by atoms with van der Waals surface area (Å²) in [4.78, 5) is 34.1. The average Bonchev–Trinajstić information content (AvgIpc) is 3.48. The maximum absolute atomic E-state index is 13.2. The highest BCUT2D eigenvalue weighted by Crippen LogP contribution is 2.32. The molecule has 2 aliphatic rings. The van der Waals surface area contributed by atoms with Gasteiger partial charge in [0.05, 0.1) is 5.92 Å². The van der Waals surface area contributed by atoms with Crippen molar-refractivity contribution in [1.82, 2.24) is 15.0 Å². The van der Waals surface area contributed by atoms with Crippen LogP contribution < -0.4 is 4.90 Å². The van der Waals surface area contributed by atoms with E-state index in [0.29, 0.717) is 36.4 Å². The predicted octanol–water partition coefficient (Wildman–Crippen LogP) is 4.77. The van der Waals surface area contributed by atoms with Crippen LogP contribution in [0.25, 0.3) is 11.5 Å². The fourth-order valence-corrected chi connectivity index (χ4v) is 4.87. The number of aryl methyl sites for hydroxylation is 2. The van der Waals surface area contributed by atoms with Gasteiger partial charge in [0.15, 0.2) is 5.82 Å². The molecule has 0 unspecified atom stereocenters. The molecule has 1 atom stereocenters. The minimum absolute atomic E-state index is 0.0121. The molecule has 1 aromatic heterocycles. The van der Waals surface area contributed by atoms with Gasteiger partial charge in [-0.15, -0.1) is 0 Å². The maximum Gasteiger partial charge on any atom is 0.257 e. The van der Waals surface area contributed by atoms with E-state index in [1.54, 1.807) is 17.0 Å². The molecular weight excluding hydrogens is 452 g/mol. The van der Waals surface area contributed by atoms with Crippen LogP contribution in [0.3, 0.4) is 0 Å². The van der Waals surface area contributed by atoms with Crippen molar-refractivity contribution in [3.8, 4) is 11.5 Å². The van der Waals surface area contributed by atoms with E-state index in [1.165, 1.54) is 5.56 Å². The zero-order valence-corrected chi connectivity index (χ0v) is 20.1. The van der Waals surface area contributed by atoms with Crippen LogP contribution in [0.2, 0.25) is 5.02 Å². The Morgan fingerprint density at radius 1 is 1.06 bits per heavy atom. The van der Waals surface area contributed by atoms with Crippen molar-refractivity contribution < 1.29 is 14.1 Å². The van der Waals surface area contributed by atoms with Crippen LogP contribution >= 0.6 is 11.6 Å². The van der Waals surface area contributed by atoms with Crippen LogP contribution in [0.15, 0.2) is 47.0 Å². The largest absolute Gasteiger partial charge is 0.342 e. The van der Waals surface area contributed by atoms with Crippen LogP contribution in [0.1, 0.15) is 42.1 Å². The van der Waals surface area contributed by atoms with Crippen LogP contribution in [0.4, 0.5) is 5.69 Å². The molecular formula is C26H27ClN4O3. The van der Waals surface area contributed by atoms with E-state index < -0.39 is 0 Å². The second-order valence-electron chi connectivity index (χ2n) is 9.24. The lowest BCUT2D eigenvalue weighted by atomic mass is 9.95. The van der Waals surface area contributed by atoms with E-state index in [-0.39, 0.29) is 30.1 Å². The number of amides is 2. The number of aromatic nitrogens is 2. The van der Waals surface area contributed by atoms with Gasteiger partial charge in [0.1, 0.15) is 0 Å². The third-order valence-electron chi connectivity index (χ3n) is 6.98. The summed E-state index contributed by atoms with van der Waals surface area (Å²) < 4.78 is 5.45. The Balaban J connectivity index is 1.19. The van der Waals surface area contributed by atoms with Crippen molar-refractivity contribution >= 4 is 29.1 Å². The van der Waals surface area contributed by atoms with Gasteiger partial charge >= 0.3 is 0 Å². The van der Waals surface area contributed by atoms with Crippen molar-refractivity contribution in [3.63, 3.8) is 0 Å². The Hall–Kier alpha value is -3.19. The number of benzene rings is 2. The van der Waals surface area contributed by atoms with Crippen molar-refractivity contribution in [2.24, 2.45) is 5.92 Å². The van der Waals surface area contributed by atoms with Gasteiger partial charge in [-0.25, -0.2) is 0 Å². The molecule has 0 N–H and O–H groups in total. The van der Waals surface area contributed by atoms with E-state index in [9.17, 15) is 9.59 Å². The van der Waals surface area contributed by atoms with E-state index in [1.807, 2.05) is 49.1 Å². The number of carbonyl (C=O) groups excluding carboxylic acids is 2. The molecule has 0 radical (unpaired) electrons. The Morgan fingerprint density at radius 2 is 1.79 bits per heavy atom. The first kappa shape index (κ1) is 22.6. The number of likely N-dealkylation sites (tertiary alicyclic amines) is 1. The number of piperidine rings is 1. The third kappa shape index (κ3) is 4.44. The molecule has 3 aromatic rings. The molecule has 3 heterocycles. The van der Waals surface area contributed by atoms with Crippen LogP contribution in [-0.2, 0) is 9.59 Å². The topological polar surface area (TPSA) is 79.5 Å². The summed E-state index contributed by atoms with van der Waals surface area (Å²) in [6, 6.07) is 13.3. The van der Waals surface area contributed by atoms with Gasteiger partial charge in [0.2, 0.25) is 11.8 Å². The van der Waals surface area contributed by atoms with Gasteiger partial charge in [-0.1, -0.05) is 22.8 Å². The summed E-state index contributed by atoms with van der Waals surface area (Å²) in [6.07, 6.45) is 1.81. The number of anilines is 1. The van der Waals surface area contributed by atoms with E-state index in [2.05, 4.69) is 10.1 Å². The van der Waals surface area contributed by atoms with E-state index >= 15 is 0 Å². The molecule has 2 amide bonds. The second kappa shape index (κ2) is 9.22. The first-order chi connectivity index (χ1) is 16.4. The second-order valence-corrected chi connectivity index (χ2v) is 9.67. The molecule has 7 nitrogen and oxygen atoms in total. The molecule has 0 bridgehead atoms. The average molecular weight is 479 g/mol. The number of nitrogens with zero attached hydrogens (tertiary/aromatic N) is 4. The van der Waals surface area contributed by atoms with Crippen molar-refractivity contribution in [2.75, 3.05) is 24.5 Å². The van der Waals surface area contributed by atoms with Gasteiger partial charge in [0, 0.05) is 48.2 Å². The summed E-state index contributed by atoms with van der Waals surface area (Å²) in [5.41, 5.74) is 4.03. The van der Waals surface area contributed by atoms with E-state index in [0.717, 1.165) is 29.7 Å². The minimum Gasteiger partial charge on any atom is -0.342 e. The molecule has 0 aliphatic carbocycles. The Kier molecular flexibility index (Phi) is 6.13. The molecule has 2 aromatic carbocycles. The van der Waals surface area contributed by atoms with Crippen molar-refractivity contribution in [1.29, 1.82) is 0 Å². The predicted molar refractivity (Wildman–Crippen MR) is 130 cm³/mol. The lowest BCUT2D eigenvalue weighted by molar-refractivity contribution is -0.136. The van der Waals surface area contributed by atoms with E-state index in [4.69, 9.17) is 16.1 Å². The number of halogens is 1. The molecule has 0 saturated carbocycles. The van der Waals surface area contributed by atoms with Gasteiger partial charge in [-0.3, -0.25) is 9.59 Å². The zero-order valence-electron chi connectivity index (χ0n) is 19.3. The summed E-state index contributed by atoms with van der Waals surface area (Å²) in [7, 11) is 0. The van der Waals surface area contributed by atoms with Crippen LogP contribution in [0, 0.1) is 19.8 Å². The van der Waals surface area contributed by atoms with Crippen LogP contribution in [0.5, 0.6) is 0 Å².